The number of rotatable bonds is 2. The first-order chi connectivity index (χ1) is 9.54. The highest BCUT2D eigenvalue weighted by molar-refractivity contribution is 5.78. The van der Waals surface area contributed by atoms with Gasteiger partial charge in [0.1, 0.15) is 0 Å². The van der Waals surface area contributed by atoms with Gasteiger partial charge in [-0.05, 0) is 73.5 Å². The molecule has 0 amide bonds. The molecule has 7 saturated carbocycles. The van der Waals surface area contributed by atoms with Crippen LogP contribution >= 0.6 is 0 Å². The molecule has 5 atom stereocenters. The van der Waals surface area contributed by atoms with Crippen molar-refractivity contribution in [2.24, 2.45) is 52.8 Å². The first kappa shape index (κ1) is 11.6. The van der Waals surface area contributed by atoms with Gasteiger partial charge in [-0.3, -0.25) is 9.59 Å². The van der Waals surface area contributed by atoms with E-state index in [4.69, 9.17) is 0 Å². The number of carboxylic acid groups (broad SMARTS) is 2. The summed E-state index contributed by atoms with van der Waals surface area (Å²) in [5.41, 5.74) is -0.479. The molecule has 108 valence electrons. The lowest BCUT2D eigenvalue weighted by molar-refractivity contribution is -0.273. The van der Waals surface area contributed by atoms with Crippen molar-refractivity contribution in [1.29, 1.82) is 0 Å². The minimum absolute atomic E-state index is 0.177. The fourth-order valence-electron chi connectivity index (χ4n) is 7.78. The topological polar surface area (TPSA) is 74.6 Å². The van der Waals surface area contributed by atoms with E-state index in [0.29, 0.717) is 23.7 Å². The third-order valence-corrected chi connectivity index (χ3v) is 7.90. The molecule has 7 fully saturated rings. The summed E-state index contributed by atoms with van der Waals surface area (Å²) in [7, 11) is 0. The van der Waals surface area contributed by atoms with Crippen molar-refractivity contribution < 1.29 is 19.8 Å². The van der Waals surface area contributed by atoms with Gasteiger partial charge in [0.2, 0.25) is 0 Å². The van der Waals surface area contributed by atoms with Crippen LogP contribution in [0.15, 0.2) is 0 Å². The average Bonchev–Trinajstić information content (AvgIpc) is 2.42. The van der Waals surface area contributed by atoms with Crippen molar-refractivity contribution in [1.82, 2.24) is 0 Å². The Labute approximate surface area is 117 Å². The average molecular weight is 276 g/mol. The van der Waals surface area contributed by atoms with Gasteiger partial charge in [-0.2, -0.15) is 0 Å². The monoisotopic (exact) mass is 276 g/mol. The lowest BCUT2D eigenvalue weighted by Gasteiger charge is -2.74. The summed E-state index contributed by atoms with van der Waals surface area (Å²) in [6, 6.07) is 0. The van der Waals surface area contributed by atoms with Gasteiger partial charge in [0.15, 0.2) is 0 Å². The second kappa shape index (κ2) is 3.23. The van der Waals surface area contributed by atoms with Gasteiger partial charge in [-0.25, -0.2) is 0 Å². The Kier molecular flexibility index (Phi) is 1.87. The third kappa shape index (κ3) is 0.990. The molecule has 0 aromatic carbocycles. The molecular weight excluding hydrogens is 256 g/mol. The van der Waals surface area contributed by atoms with E-state index in [-0.39, 0.29) is 23.7 Å². The van der Waals surface area contributed by atoms with Crippen LogP contribution in [-0.2, 0) is 9.59 Å². The van der Waals surface area contributed by atoms with Crippen LogP contribution in [0, 0.1) is 52.8 Å². The van der Waals surface area contributed by atoms with Crippen LogP contribution in [0.25, 0.3) is 0 Å². The molecule has 4 heteroatoms. The molecule has 0 aliphatic heterocycles. The van der Waals surface area contributed by atoms with E-state index in [2.05, 4.69) is 0 Å². The summed E-state index contributed by atoms with van der Waals surface area (Å²) in [5, 5.41) is 19.6. The van der Waals surface area contributed by atoms with Crippen molar-refractivity contribution in [3.05, 3.63) is 0 Å². The van der Waals surface area contributed by atoms with Crippen LogP contribution in [-0.4, -0.2) is 22.2 Å². The maximum atomic E-state index is 12.1. The molecule has 0 heterocycles. The number of carbonyl (C=O) groups is 2. The van der Waals surface area contributed by atoms with Crippen molar-refractivity contribution in [3.63, 3.8) is 0 Å². The third-order valence-electron chi connectivity index (χ3n) is 7.90. The molecule has 5 unspecified atom stereocenters. The van der Waals surface area contributed by atoms with Gasteiger partial charge in [0, 0.05) is 0 Å². The summed E-state index contributed by atoms with van der Waals surface area (Å²) in [6.45, 7) is 0. The highest BCUT2D eigenvalue weighted by atomic mass is 16.4. The second-order valence-corrected chi connectivity index (χ2v) is 8.10. The molecule has 7 rings (SSSR count). The van der Waals surface area contributed by atoms with E-state index in [1.165, 1.54) is 0 Å². The quantitative estimate of drug-likeness (QED) is 0.810. The van der Waals surface area contributed by atoms with Crippen LogP contribution < -0.4 is 0 Å². The zero-order valence-electron chi connectivity index (χ0n) is 11.4. The van der Waals surface area contributed by atoms with Gasteiger partial charge in [-0.1, -0.05) is 0 Å². The Morgan fingerprint density at radius 3 is 2.05 bits per heavy atom. The van der Waals surface area contributed by atoms with Gasteiger partial charge in [-0.15, -0.1) is 0 Å². The Balaban J connectivity index is 1.68. The lowest BCUT2D eigenvalue weighted by Crippen LogP contribution is -2.72. The van der Waals surface area contributed by atoms with Crippen LogP contribution in [0.2, 0.25) is 0 Å². The SMILES string of the molecule is O=C(O)C1C2CC3C4CC5CC(C41)C(C2)C3(C(=O)O)C5. The van der Waals surface area contributed by atoms with E-state index in [9.17, 15) is 19.8 Å². The maximum absolute atomic E-state index is 12.1. The van der Waals surface area contributed by atoms with Crippen LogP contribution in [0.3, 0.4) is 0 Å². The van der Waals surface area contributed by atoms with Gasteiger partial charge < -0.3 is 10.2 Å². The van der Waals surface area contributed by atoms with Crippen LogP contribution in [0.1, 0.15) is 32.1 Å². The minimum Gasteiger partial charge on any atom is -0.481 e. The molecule has 2 N–H and O–H groups in total. The summed E-state index contributed by atoms with van der Waals surface area (Å²) >= 11 is 0. The molecule has 7 aliphatic carbocycles. The fourth-order valence-corrected chi connectivity index (χ4v) is 7.78. The molecular formula is C16H20O4. The number of hydrogen-bond acceptors (Lipinski definition) is 2. The van der Waals surface area contributed by atoms with E-state index >= 15 is 0 Å². The summed E-state index contributed by atoms with van der Waals surface area (Å²) < 4.78 is 0. The lowest BCUT2D eigenvalue weighted by atomic mass is 9.29. The largest absolute Gasteiger partial charge is 0.481 e. The zero-order valence-corrected chi connectivity index (χ0v) is 11.4. The number of hydrogen-bond donors (Lipinski definition) is 2. The molecule has 0 saturated heterocycles. The fraction of sp³-hybridized carbons (Fsp3) is 0.875. The number of carboxylic acids is 2. The standard InChI is InChI=1S/C16H20O4/c17-14(18)12-7-3-10-8-1-6-2-9(13(8)12)11(4-7)16(10,5-6)15(19)20/h6-13H,1-5H2,(H,17,18)(H,19,20). The van der Waals surface area contributed by atoms with Crippen molar-refractivity contribution in [2.75, 3.05) is 0 Å². The van der Waals surface area contributed by atoms with E-state index in [1.807, 2.05) is 0 Å². The Morgan fingerprint density at radius 2 is 1.55 bits per heavy atom. The molecule has 0 radical (unpaired) electrons. The zero-order chi connectivity index (χ0) is 13.8. The van der Waals surface area contributed by atoms with Crippen LogP contribution in [0.4, 0.5) is 0 Å². The first-order valence-electron chi connectivity index (χ1n) is 8.00. The number of aliphatic carboxylic acids is 2. The normalized spacial score (nSPS) is 61.0. The highest BCUT2D eigenvalue weighted by Crippen LogP contribution is 2.77. The van der Waals surface area contributed by atoms with E-state index in [0.717, 1.165) is 32.1 Å². The summed E-state index contributed by atoms with van der Waals surface area (Å²) in [4.78, 5) is 23.8. The predicted octanol–water partition coefficient (Wildman–Crippen LogP) is 2.09. The van der Waals surface area contributed by atoms with E-state index in [1.54, 1.807) is 0 Å². The Hall–Kier alpha value is -1.06. The van der Waals surface area contributed by atoms with Gasteiger partial charge >= 0.3 is 11.9 Å². The first-order valence-corrected chi connectivity index (χ1v) is 8.00. The molecule has 20 heavy (non-hydrogen) atoms. The highest BCUT2D eigenvalue weighted by Gasteiger charge is 2.75. The second-order valence-electron chi connectivity index (χ2n) is 8.10. The molecule has 8 bridgehead atoms. The van der Waals surface area contributed by atoms with Gasteiger partial charge in [0.25, 0.3) is 0 Å². The Morgan fingerprint density at radius 1 is 0.950 bits per heavy atom. The molecule has 4 nitrogen and oxygen atoms in total. The predicted molar refractivity (Wildman–Crippen MR) is 68.7 cm³/mol. The smallest absolute Gasteiger partial charge is 0.310 e. The summed E-state index contributed by atoms with van der Waals surface area (Å²) in [5.74, 6) is 1.05. The molecule has 0 aromatic rings. The molecule has 0 aromatic heterocycles. The minimum atomic E-state index is -0.617. The van der Waals surface area contributed by atoms with Crippen molar-refractivity contribution >= 4 is 11.9 Å². The van der Waals surface area contributed by atoms with E-state index < -0.39 is 17.4 Å². The van der Waals surface area contributed by atoms with Crippen molar-refractivity contribution in [3.8, 4) is 0 Å². The van der Waals surface area contributed by atoms with Crippen molar-refractivity contribution in [2.45, 2.75) is 32.1 Å². The molecule has 0 spiro atoms. The molecule has 7 aliphatic rings. The van der Waals surface area contributed by atoms with Crippen LogP contribution in [0.5, 0.6) is 0 Å². The Bertz CT molecular complexity index is 499. The maximum Gasteiger partial charge on any atom is 0.310 e. The van der Waals surface area contributed by atoms with Gasteiger partial charge in [0.05, 0.1) is 11.3 Å². The summed E-state index contributed by atoms with van der Waals surface area (Å²) in [6.07, 6.45) is 4.80.